The topological polar surface area (TPSA) is 69.6 Å². The lowest BCUT2D eigenvalue weighted by Crippen LogP contribution is -2.41. The molecule has 1 aliphatic heterocycles. The van der Waals surface area contributed by atoms with Crippen LogP contribution in [-0.4, -0.2) is 47.9 Å². The molecule has 1 saturated heterocycles. The largest absolute Gasteiger partial charge is 0.356 e. The highest BCUT2D eigenvalue weighted by atomic mass is 32.1. The van der Waals surface area contributed by atoms with Crippen LogP contribution in [0, 0.1) is 0 Å². The van der Waals surface area contributed by atoms with E-state index in [-0.39, 0.29) is 0 Å². The van der Waals surface area contributed by atoms with Crippen LogP contribution in [-0.2, 0) is 11.3 Å². The van der Waals surface area contributed by atoms with E-state index in [4.69, 9.17) is 0 Å². The molecular weight excluding hydrogens is 334 g/mol. The van der Waals surface area contributed by atoms with Crippen molar-refractivity contribution in [2.75, 3.05) is 20.1 Å². The zero-order valence-corrected chi connectivity index (χ0v) is 16.7. The lowest BCUT2D eigenvalue weighted by molar-refractivity contribution is -0.129. The molecule has 1 atom stereocenters. The molecule has 0 aromatic carbocycles. The summed E-state index contributed by atoms with van der Waals surface area (Å²) >= 11 is 1.68. The summed E-state index contributed by atoms with van der Waals surface area (Å²) in [6.07, 6.45) is 3.64. The maximum Gasteiger partial charge on any atom is 0.222 e. The lowest BCUT2D eigenvalue weighted by Gasteiger charge is -2.27. The first-order valence-corrected chi connectivity index (χ1v) is 10.1. The molecule has 2 rings (SSSR count). The number of rotatable bonds is 8. The monoisotopic (exact) mass is 365 g/mol. The van der Waals surface area contributed by atoms with Crippen LogP contribution in [0.25, 0.3) is 0 Å². The summed E-state index contributed by atoms with van der Waals surface area (Å²) in [5, 5.41) is 9.86. The van der Waals surface area contributed by atoms with Gasteiger partial charge in [-0.2, -0.15) is 0 Å². The number of aromatic nitrogens is 1. The predicted octanol–water partition coefficient (Wildman–Crippen LogP) is 2.72. The van der Waals surface area contributed by atoms with Crippen LogP contribution in [0.4, 0.5) is 0 Å². The number of hydrogen-bond acceptors (Lipinski definition) is 4. The maximum atomic E-state index is 11.9. The van der Waals surface area contributed by atoms with Crippen molar-refractivity contribution in [1.82, 2.24) is 20.5 Å². The van der Waals surface area contributed by atoms with Crippen LogP contribution in [0.1, 0.15) is 63.1 Å². The van der Waals surface area contributed by atoms with Crippen LogP contribution in [0.2, 0.25) is 0 Å². The Kier molecular flexibility index (Phi) is 7.68. The Morgan fingerprint density at radius 3 is 2.80 bits per heavy atom. The number of guanidine groups is 1. The van der Waals surface area contributed by atoms with E-state index in [0.717, 1.165) is 49.0 Å². The third-order valence-electron chi connectivity index (χ3n) is 4.58. The second-order valence-corrected chi connectivity index (χ2v) is 7.66. The van der Waals surface area contributed by atoms with E-state index in [1.807, 2.05) is 4.90 Å². The fourth-order valence-electron chi connectivity index (χ4n) is 3.04. The fraction of sp³-hybridized carbons (Fsp3) is 0.722. The van der Waals surface area contributed by atoms with Crippen LogP contribution in [0.3, 0.4) is 0 Å². The molecule has 7 heteroatoms. The second kappa shape index (κ2) is 9.75. The summed E-state index contributed by atoms with van der Waals surface area (Å²) in [7, 11) is 1.78. The van der Waals surface area contributed by atoms with E-state index >= 15 is 0 Å². The molecule has 0 saturated carbocycles. The van der Waals surface area contributed by atoms with Gasteiger partial charge in [0.05, 0.1) is 12.2 Å². The summed E-state index contributed by atoms with van der Waals surface area (Å²) < 4.78 is 0. The van der Waals surface area contributed by atoms with Gasteiger partial charge in [-0.15, -0.1) is 11.3 Å². The molecule has 0 spiro atoms. The Bertz CT molecular complexity index is 584. The van der Waals surface area contributed by atoms with Gasteiger partial charge in [-0.05, 0) is 25.2 Å². The number of likely N-dealkylation sites (tertiary alicyclic amines) is 1. The minimum Gasteiger partial charge on any atom is -0.356 e. The van der Waals surface area contributed by atoms with Crippen molar-refractivity contribution in [2.24, 2.45) is 4.99 Å². The van der Waals surface area contributed by atoms with E-state index in [1.165, 1.54) is 0 Å². The standard InChI is InChI=1S/C18H31N5OS/c1-5-14(23-10-6-7-17(23)24)8-9-20-18(19-4)21-11-16-22-15(12-25-16)13(2)3/h12-14H,5-11H2,1-4H3,(H2,19,20,21). The van der Waals surface area contributed by atoms with E-state index in [0.29, 0.717) is 30.8 Å². The summed E-state index contributed by atoms with van der Waals surface area (Å²) in [6, 6.07) is 0.327. The molecule has 1 amide bonds. The van der Waals surface area contributed by atoms with Gasteiger partial charge in [-0.1, -0.05) is 20.8 Å². The highest BCUT2D eigenvalue weighted by molar-refractivity contribution is 7.09. The highest BCUT2D eigenvalue weighted by Gasteiger charge is 2.26. The lowest BCUT2D eigenvalue weighted by atomic mass is 10.1. The van der Waals surface area contributed by atoms with Crippen molar-refractivity contribution in [3.8, 4) is 0 Å². The minimum absolute atomic E-state index is 0.305. The van der Waals surface area contributed by atoms with Gasteiger partial charge in [0.15, 0.2) is 5.96 Å². The smallest absolute Gasteiger partial charge is 0.222 e. The minimum atomic E-state index is 0.305. The molecule has 1 aliphatic rings. The normalized spacial score (nSPS) is 16.6. The van der Waals surface area contributed by atoms with Gasteiger partial charge in [0.25, 0.3) is 0 Å². The number of hydrogen-bond donors (Lipinski definition) is 2. The molecule has 1 fully saturated rings. The van der Waals surface area contributed by atoms with Gasteiger partial charge in [0.2, 0.25) is 5.91 Å². The van der Waals surface area contributed by atoms with E-state index in [2.05, 4.69) is 46.8 Å². The number of carbonyl (C=O) groups is 1. The molecule has 1 aromatic rings. The Labute approximate surface area is 155 Å². The van der Waals surface area contributed by atoms with E-state index < -0.39 is 0 Å². The number of nitrogens with one attached hydrogen (secondary N) is 2. The van der Waals surface area contributed by atoms with Crippen LogP contribution in [0.15, 0.2) is 10.4 Å². The van der Waals surface area contributed by atoms with Crippen molar-refractivity contribution < 1.29 is 4.79 Å². The molecule has 1 unspecified atom stereocenters. The first kappa shape index (κ1) is 19.7. The molecule has 140 valence electrons. The van der Waals surface area contributed by atoms with Gasteiger partial charge in [0.1, 0.15) is 5.01 Å². The number of nitrogens with zero attached hydrogens (tertiary/aromatic N) is 3. The van der Waals surface area contributed by atoms with E-state index in [1.54, 1.807) is 18.4 Å². The SMILES string of the molecule is CCC(CCNC(=NC)NCc1nc(C(C)C)cs1)N1CCCC1=O. The van der Waals surface area contributed by atoms with E-state index in [9.17, 15) is 4.79 Å². The molecule has 2 heterocycles. The fourth-order valence-corrected chi connectivity index (χ4v) is 3.94. The third-order valence-corrected chi connectivity index (χ3v) is 5.45. The Balaban J connectivity index is 1.74. The molecule has 6 nitrogen and oxygen atoms in total. The van der Waals surface area contributed by atoms with Crippen LogP contribution in [0.5, 0.6) is 0 Å². The third kappa shape index (κ3) is 5.70. The average molecular weight is 366 g/mol. The van der Waals surface area contributed by atoms with Gasteiger partial charge < -0.3 is 15.5 Å². The molecule has 0 aliphatic carbocycles. The van der Waals surface area contributed by atoms with Gasteiger partial charge in [-0.25, -0.2) is 4.98 Å². The number of thiazole rings is 1. The van der Waals surface area contributed by atoms with Crippen molar-refractivity contribution in [2.45, 2.75) is 65.0 Å². The number of aliphatic imine (C=N–C) groups is 1. The zero-order chi connectivity index (χ0) is 18.2. The van der Waals surface area contributed by atoms with Crippen molar-refractivity contribution in [3.63, 3.8) is 0 Å². The molecule has 0 bridgehead atoms. The van der Waals surface area contributed by atoms with Crippen molar-refractivity contribution >= 4 is 23.2 Å². The first-order valence-electron chi connectivity index (χ1n) is 9.23. The molecule has 1 aromatic heterocycles. The summed E-state index contributed by atoms with van der Waals surface area (Å²) in [6.45, 7) is 8.85. The summed E-state index contributed by atoms with van der Waals surface area (Å²) in [4.78, 5) is 22.8. The first-order chi connectivity index (χ1) is 12.0. The van der Waals surface area contributed by atoms with Crippen molar-refractivity contribution in [3.05, 3.63) is 16.1 Å². The van der Waals surface area contributed by atoms with Gasteiger partial charge in [0, 0.05) is 38.0 Å². The maximum absolute atomic E-state index is 11.9. The molecule has 0 radical (unpaired) electrons. The number of carbonyl (C=O) groups excluding carboxylic acids is 1. The highest BCUT2D eigenvalue weighted by Crippen LogP contribution is 2.18. The summed E-state index contributed by atoms with van der Waals surface area (Å²) in [5.41, 5.74) is 1.14. The number of amides is 1. The molecular formula is C18H31N5OS. The summed E-state index contributed by atoms with van der Waals surface area (Å²) in [5.74, 6) is 1.55. The second-order valence-electron chi connectivity index (χ2n) is 6.71. The Hall–Kier alpha value is -1.63. The molecule has 2 N–H and O–H groups in total. The molecule has 25 heavy (non-hydrogen) atoms. The predicted molar refractivity (Wildman–Crippen MR) is 104 cm³/mol. The Morgan fingerprint density at radius 2 is 2.24 bits per heavy atom. The quantitative estimate of drug-likeness (QED) is 0.549. The van der Waals surface area contributed by atoms with Crippen LogP contribution < -0.4 is 10.6 Å². The van der Waals surface area contributed by atoms with Gasteiger partial charge in [-0.3, -0.25) is 9.79 Å². The zero-order valence-electron chi connectivity index (χ0n) is 15.8. The average Bonchev–Trinajstić information content (AvgIpc) is 3.24. The van der Waals surface area contributed by atoms with Crippen molar-refractivity contribution in [1.29, 1.82) is 0 Å². The van der Waals surface area contributed by atoms with Gasteiger partial charge >= 0.3 is 0 Å². The van der Waals surface area contributed by atoms with Crippen LogP contribution >= 0.6 is 11.3 Å². The Morgan fingerprint density at radius 1 is 1.44 bits per heavy atom.